The summed E-state index contributed by atoms with van der Waals surface area (Å²) in [5, 5.41) is 9.34. The summed E-state index contributed by atoms with van der Waals surface area (Å²) >= 11 is 1.75. The van der Waals surface area contributed by atoms with Crippen LogP contribution in [0.3, 0.4) is 0 Å². The molecule has 0 aliphatic heterocycles. The zero-order chi connectivity index (χ0) is 14.5. The van der Waals surface area contributed by atoms with E-state index < -0.39 is 0 Å². The van der Waals surface area contributed by atoms with Gasteiger partial charge in [-0.25, -0.2) is 0 Å². The van der Waals surface area contributed by atoms with Crippen LogP contribution in [0.15, 0.2) is 58.3 Å². The number of halogens is 1. The predicted octanol–water partition coefficient (Wildman–Crippen LogP) is 4.46. The fourth-order valence-corrected chi connectivity index (χ4v) is 2.87. The number of phenols is 1. The summed E-state index contributed by atoms with van der Waals surface area (Å²) in [6.45, 7) is 2.24. The molecule has 0 aliphatic rings. The Morgan fingerprint density at radius 1 is 1.05 bits per heavy atom. The van der Waals surface area contributed by atoms with Gasteiger partial charge < -0.3 is 10.0 Å². The van der Waals surface area contributed by atoms with Gasteiger partial charge in [0.1, 0.15) is 5.75 Å². The van der Waals surface area contributed by atoms with Crippen LogP contribution < -0.4 is 0 Å². The van der Waals surface area contributed by atoms with Crippen molar-refractivity contribution in [1.82, 2.24) is 4.90 Å². The molecule has 2 aromatic rings. The number of aromatic hydroxyl groups is 1. The molecule has 114 valence electrons. The normalized spacial score (nSPS) is 12.0. The van der Waals surface area contributed by atoms with Crippen molar-refractivity contribution < 1.29 is 5.11 Å². The van der Waals surface area contributed by atoms with E-state index in [9.17, 15) is 5.11 Å². The van der Waals surface area contributed by atoms with E-state index in [1.54, 1.807) is 23.9 Å². The lowest BCUT2D eigenvalue weighted by Crippen LogP contribution is -2.26. The number of hydrogen-bond acceptors (Lipinski definition) is 3. The van der Waals surface area contributed by atoms with Gasteiger partial charge in [-0.1, -0.05) is 30.0 Å². The maximum absolute atomic E-state index is 9.34. The number of benzene rings is 2. The Hall–Kier alpha value is -1.16. The molecule has 0 amide bonds. The maximum Gasteiger partial charge on any atom is 0.115 e. The lowest BCUT2D eigenvalue weighted by Gasteiger charge is -2.21. The fourth-order valence-electron chi connectivity index (χ4n) is 1.91. The molecule has 0 heterocycles. The van der Waals surface area contributed by atoms with E-state index in [0.717, 1.165) is 11.3 Å². The van der Waals surface area contributed by atoms with Gasteiger partial charge in [0.25, 0.3) is 0 Å². The van der Waals surface area contributed by atoms with Gasteiger partial charge in [-0.15, -0.1) is 12.4 Å². The van der Waals surface area contributed by atoms with E-state index in [1.165, 1.54) is 10.5 Å². The molecule has 21 heavy (non-hydrogen) atoms. The van der Waals surface area contributed by atoms with Crippen molar-refractivity contribution in [2.75, 3.05) is 14.1 Å². The van der Waals surface area contributed by atoms with E-state index in [0.29, 0.717) is 11.8 Å². The highest BCUT2D eigenvalue weighted by Crippen LogP contribution is 2.32. The Morgan fingerprint density at radius 3 is 2.29 bits per heavy atom. The fraction of sp³-hybridized carbons (Fsp3) is 0.294. The van der Waals surface area contributed by atoms with Gasteiger partial charge in [-0.2, -0.15) is 0 Å². The summed E-state index contributed by atoms with van der Waals surface area (Å²) in [5.41, 5.74) is 1.37. The first-order valence-corrected chi connectivity index (χ1v) is 7.59. The molecule has 2 aromatic carbocycles. The smallest absolute Gasteiger partial charge is 0.115 e. The van der Waals surface area contributed by atoms with Crippen LogP contribution in [0, 0.1) is 0 Å². The molecule has 1 N–H and O–H groups in total. The Labute approximate surface area is 137 Å². The molecule has 1 unspecified atom stereocenters. The van der Waals surface area contributed by atoms with Crippen LogP contribution in [0.1, 0.15) is 12.5 Å². The molecule has 0 saturated heterocycles. The molecule has 0 bridgehead atoms. The molecular weight excluding hydrogens is 302 g/mol. The maximum atomic E-state index is 9.34. The Bertz CT molecular complexity index is 557. The molecule has 2 rings (SSSR count). The minimum absolute atomic E-state index is 0. The van der Waals surface area contributed by atoms with Gasteiger partial charge in [-0.05, 0) is 63.3 Å². The third-order valence-corrected chi connectivity index (χ3v) is 4.56. The number of phenolic OH excluding ortho intramolecular Hbond substituents is 1. The highest BCUT2D eigenvalue weighted by atomic mass is 35.5. The van der Waals surface area contributed by atoms with Crippen LogP contribution in [0.4, 0.5) is 0 Å². The van der Waals surface area contributed by atoms with Crippen LogP contribution in [-0.4, -0.2) is 30.1 Å². The number of nitrogens with zero attached hydrogens (tertiary/aromatic N) is 1. The van der Waals surface area contributed by atoms with Crippen LogP contribution in [0.5, 0.6) is 5.75 Å². The zero-order valence-electron chi connectivity index (χ0n) is 12.6. The van der Waals surface area contributed by atoms with Crippen molar-refractivity contribution in [3.8, 4) is 5.75 Å². The van der Waals surface area contributed by atoms with Gasteiger partial charge in [0.05, 0.1) is 0 Å². The largest absolute Gasteiger partial charge is 0.508 e. The van der Waals surface area contributed by atoms with Gasteiger partial charge >= 0.3 is 0 Å². The first-order chi connectivity index (χ1) is 9.56. The second-order valence-corrected chi connectivity index (χ2v) is 6.34. The minimum Gasteiger partial charge on any atom is -0.508 e. The van der Waals surface area contributed by atoms with E-state index in [1.807, 2.05) is 12.1 Å². The average molecular weight is 324 g/mol. The van der Waals surface area contributed by atoms with Crippen molar-refractivity contribution in [3.63, 3.8) is 0 Å². The molecule has 0 spiro atoms. The molecule has 0 saturated carbocycles. The second kappa shape index (κ2) is 8.32. The first kappa shape index (κ1) is 17.9. The predicted molar refractivity (Wildman–Crippen MR) is 92.8 cm³/mol. The summed E-state index contributed by atoms with van der Waals surface area (Å²) in [7, 11) is 4.22. The topological polar surface area (TPSA) is 23.5 Å². The highest BCUT2D eigenvalue weighted by Gasteiger charge is 2.10. The number of hydrogen-bond donors (Lipinski definition) is 1. The second-order valence-electron chi connectivity index (χ2n) is 5.22. The highest BCUT2D eigenvalue weighted by molar-refractivity contribution is 7.99. The van der Waals surface area contributed by atoms with Crippen LogP contribution in [0.2, 0.25) is 0 Å². The van der Waals surface area contributed by atoms with Gasteiger partial charge in [-0.3, -0.25) is 0 Å². The van der Waals surface area contributed by atoms with Crippen molar-refractivity contribution in [2.24, 2.45) is 0 Å². The SMILES string of the molecule is CC(Cc1ccccc1Sc1ccc(O)cc1)N(C)C.Cl. The first-order valence-electron chi connectivity index (χ1n) is 6.77. The zero-order valence-corrected chi connectivity index (χ0v) is 14.2. The van der Waals surface area contributed by atoms with E-state index in [2.05, 4.69) is 50.2 Å². The Morgan fingerprint density at radius 2 is 1.67 bits per heavy atom. The summed E-state index contributed by atoms with van der Waals surface area (Å²) in [5.74, 6) is 0.309. The summed E-state index contributed by atoms with van der Waals surface area (Å²) in [6, 6.07) is 16.4. The monoisotopic (exact) mass is 323 g/mol. The van der Waals surface area contributed by atoms with E-state index >= 15 is 0 Å². The van der Waals surface area contributed by atoms with E-state index in [4.69, 9.17) is 0 Å². The third kappa shape index (κ3) is 5.27. The molecule has 0 aliphatic carbocycles. The quantitative estimate of drug-likeness (QED) is 0.879. The average Bonchev–Trinajstić information content (AvgIpc) is 2.43. The molecule has 4 heteroatoms. The van der Waals surface area contributed by atoms with Crippen molar-refractivity contribution in [2.45, 2.75) is 29.2 Å². The Balaban J connectivity index is 0.00000220. The lowest BCUT2D eigenvalue weighted by molar-refractivity contribution is 0.311. The summed E-state index contributed by atoms with van der Waals surface area (Å²) in [6.07, 6.45) is 1.04. The third-order valence-electron chi connectivity index (χ3n) is 3.43. The van der Waals surface area contributed by atoms with Gasteiger partial charge in [0.15, 0.2) is 0 Å². The lowest BCUT2D eigenvalue weighted by atomic mass is 10.1. The molecule has 0 fully saturated rings. The van der Waals surface area contributed by atoms with Gasteiger partial charge in [0, 0.05) is 15.8 Å². The summed E-state index contributed by atoms with van der Waals surface area (Å²) in [4.78, 5) is 4.67. The molecule has 2 nitrogen and oxygen atoms in total. The minimum atomic E-state index is 0. The molecular formula is C17H22ClNOS. The van der Waals surface area contributed by atoms with Crippen molar-refractivity contribution in [1.29, 1.82) is 0 Å². The molecule has 1 atom stereocenters. The van der Waals surface area contributed by atoms with Crippen LogP contribution in [0.25, 0.3) is 0 Å². The summed E-state index contributed by atoms with van der Waals surface area (Å²) < 4.78 is 0. The Kier molecular flexibility index (Phi) is 7.09. The molecule has 0 aromatic heterocycles. The molecule has 0 radical (unpaired) electrons. The standard InChI is InChI=1S/C17H21NOS.ClH/c1-13(18(2)3)12-14-6-4-5-7-17(14)20-16-10-8-15(19)9-11-16;/h4-11,13,19H,12H2,1-3H3;1H. The van der Waals surface area contributed by atoms with Gasteiger partial charge in [0.2, 0.25) is 0 Å². The number of likely N-dealkylation sites (N-methyl/N-ethyl adjacent to an activating group) is 1. The van der Waals surface area contributed by atoms with Crippen LogP contribution in [-0.2, 0) is 6.42 Å². The van der Waals surface area contributed by atoms with Crippen molar-refractivity contribution in [3.05, 3.63) is 54.1 Å². The van der Waals surface area contributed by atoms with E-state index in [-0.39, 0.29) is 12.4 Å². The van der Waals surface area contributed by atoms with Crippen LogP contribution >= 0.6 is 24.2 Å². The van der Waals surface area contributed by atoms with Crippen molar-refractivity contribution >= 4 is 24.2 Å². The number of rotatable bonds is 5.